The standard InChI is InChI=1S/C18H14F3NO3S/c19-18(20,21)11-2-1-3-12(8-11)26(23,24)13-4-5-14-15-6-7-22-10-17(15)25-16(14)9-13/h1-5,8-9,22H,6-7,10H2. The predicted octanol–water partition coefficient (Wildman–Crippen LogP) is 3.93. The molecular formula is C18H14F3NO3S. The maximum Gasteiger partial charge on any atom is 0.416 e. The van der Waals surface area contributed by atoms with E-state index in [0.29, 0.717) is 18.2 Å². The highest BCUT2D eigenvalue weighted by atomic mass is 32.2. The van der Waals surface area contributed by atoms with Crippen LogP contribution in [0.15, 0.2) is 56.7 Å². The third kappa shape index (κ3) is 2.79. The van der Waals surface area contributed by atoms with Crippen LogP contribution in [0.5, 0.6) is 0 Å². The van der Waals surface area contributed by atoms with Crippen molar-refractivity contribution in [2.45, 2.75) is 28.9 Å². The lowest BCUT2D eigenvalue weighted by atomic mass is 10.1. The number of halogens is 3. The molecular weight excluding hydrogens is 367 g/mol. The zero-order valence-corrected chi connectivity index (χ0v) is 14.2. The molecule has 4 nitrogen and oxygen atoms in total. The highest BCUT2D eigenvalue weighted by Gasteiger charge is 2.32. The molecule has 1 aromatic heterocycles. The van der Waals surface area contributed by atoms with Crippen LogP contribution in [0, 0.1) is 0 Å². The molecule has 0 aliphatic carbocycles. The minimum atomic E-state index is -4.61. The number of alkyl halides is 3. The molecule has 136 valence electrons. The van der Waals surface area contributed by atoms with Gasteiger partial charge >= 0.3 is 6.18 Å². The molecule has 0 atom stereocenters. The topological polar surface area (TPSA) is 59.3 Å². The number of hydrogen-bond acceptors (Lipinski definition) is 4. The Morgan fingerprint density at radius 1 is 1.04 bits per heavy atom. The summed E-state index contributed by atoms with van der Waals surface area (Å²) in [6, 6.07) is 8.19. The molecule has 0 unspecified atom stereocenters. The van der Waals surface area contributed by atoms with Gasteiger partial charge in [-0.05, 0) is 43.3 Å². The Balaban J connectivity index is 1.81. The third-order valence-corrected chi connectivity index (χ3v) is 6.22. The van der Waals surface area contributed by atoms with Crippen LogP contribution < -0.4 is 5.32 Å². The highest BCUT2D eigenvalue weighted by Crippen LogP contribution is 2.34. The van der Waals surface area contributed by atoms with Crippen LogP contribution in [0.1, 0.15) is 16.9 Å². The summed E-state index contributed by atoms with van der Waals surface area (Å²) in [5.74, 6) is 0.764. The van der Waals surface area contributed by atoms with Crippen molar-refractivity contribution in [1.29, 1.82) is 0 Å². The average Bonchev–Trinajstić information content (AvgIpc) is 2.99. The van der Waals surface area contributed by atoms with Crippen molar-refractivity contribution in [3.63, 3.8) is 0 Å². The van der Waals surface area contributed by atoms with E-state index in [9.17, 15) is 21.6 Å². The van der Waals surface area contributed by atoms with Crippen molar-refractivity contribution in [1.82, 2.24) is 5.32 Å². The number of rotatable bonds is 2. The van der Waals surface area contributed by atoms with Crippen LogP contribution in [-0.2, 0) is 29.0 Å². The van der Waals surface area contributed by atoms with Gasteiger partial charge in [-0.1, -0.05) is 6.07 Å². The van der Waals surface area contributed by atoms with E-state index in [1.54, 1.807) is 6.07 Å². The lowest BCUT2D eigenvalue weighted by molar-refractivity contribution is -0.137. The number of furan rings is 1. The van der Waals surface area contributed by atoms with Gasteiger partial charge in [-0.2, -0.15) is 13.2 Å². The maximum absolute atomic E-state index is 12.9. The zero-order valence-electron chi connectivity index (χ0n) is 13.4. The molecule has 1 aliphatic rings. The molecule has 26 heavy (non-hydrogen) atoms. The fourth-order valence-electron chi connectivity index (χ4n) is 3.16. The van der Waals surface area contributed by atoms with Crippen LogP contribution in [0.2, 0.25) is 0 Å². The molecule has 8 heteroatoms. The number of hydrogen-bond donors (Lipinski definition) is 1. The number of fused-ring (bicyclic) bond motifs is 3. The second-order valence-corrected chi connectivity index (χ2v) is 8.07. The van der Waals surface area contributed by atoms with Crippen LogP contribution in [0.4, 0.5) is 13.2 Å². The minimum Gasteiger partial charge on any atom is -0.459 e. The van der Waals surface area contributed by atoms with Gasteiger partial charge in [-0.25, -0.2) is 8.42 Å². The van der Waals surface area contributed by atoms with Gasteiger partial charge < -0.3 is 9.73 Å². The van der Waals surface area contributed by atoms with E-state index in [0.717, 1.165) is 47.9 Å². The molecule has 4 rings (SSSR count). The number of nitrogens with one attached hydrogen (secondary N) is 1. The van der Waals surface area contributed by atoms with E-state index < -0.39 is 26.5 Å². The zero-order chi connectivity index (χ0) is 18.5. The summed E-state index contributed by atoms with van der Waals surface area (Å²) in [5.41, 5.74) is 0.465. The smallest absolute Gasteiger partial charge is 0.416 e. The molecule has 0 saturated carbocycles. The van der Waals surface area contributed by atoms with Crippen LogP contribution >= 0.6 is 0 Å². The van der Waals surface area contributed by atoms with Gasteiger partial charge in [0.05, 0.1) is 21.9 Å². The first kappa shape index (κ1) is 17.1. The molecule has 2 heterocycles. The number of benzene rings is 2. The summed E-state index contributed by atoms with van der Waals surface area (Å²) in [6.07, 6.45) is -3.83. The third-order valence-electron chi connectivity index (χ3n) is 4.47. The van der Waals surface area contributed by atoms with Crippen molar-refractivity contribution in [3.8, 4) is 0 Å². The maximum atomic E-state index is 12.9. The van der Waals surface area contributed by atoms with Gasteiger partial charge in [0.2, 0.25) is 9.84 Å². The van der Waals surface area contributed by atoms with E-state index in [-0.39, 0.29) is 4.90 Å². The Labute approximate surface area is 147 Å². The van der Waals surface area contributed by atoms with E-state index in [1.807, 2.05) is 0 Å². The van der Waals surface area contributed by atoms with Crippen LogP contribution in [0.25, 0.3) is 11.0 Å². The monoisotopic (exact) mass is 381 g/mol. The summed E-state index contributed by atoms with van der Waals surface area (Å²) in [7, 11) is -4.09. The largest absolute Gasteiger partial charge is 0.459 e. The Morgan fingerprint density at radius 3 is 2.58 bits per heavy atom. The van der Waals surface area contributed by atoms with Gasteiger partial charge in [0.1, 0.15) is 11.3 Å². The number of sulfone groups is 1. The molecule has 1 N–H and O–H groups in total. The normalized spacial score (nSPS) is 15.2. The molecule has 0 bridgehead atoms. The molecule has 0 saturated heterocycles. The van der Waals surface area contributed by atoms with Gasteiger partial charge in [0, 0.05) is 17.0 Å². The minimum absolute atomic E-state index is 0.0941. The average molecular weight is 381 g/mol. The van der Waals surface area contributed by atoms with Crippen molar-refractivity contribution in [2.24, 2.45) is 0 Å². The van der Waals surface area contributed by atoms with Gasteiger partial charge in [0.25, 0.3) is 0 Å². The van der Waals surface area contributed by atoms with Crippen molar-refractivity contribution in [3.05, 3.63) is 59.4 Å². The van der Waals surface area contributed by atoms with Crippen LogP contribution in [-0.4, -0.2) is 15.0 Å². The summed E-state index contributed by atoms with van der Waals surface area (Å²) in [6.45, 7) is 1.38. The lowest BCUT2D eigenvalue weighted by Gasteiger charge is -2.10. The molecule has 3 aromatic rings. The SMILES string of the molecule is O=S(=O)(c1cccc(C(F)(F)F)c1)c1ccc2c3c(oc2c1)CNCC3. The summed E-state index contributed by atoms with van der Waals surface area (Å²) in [4.78, 5) is -0.493. The molecule has 0 spiro atoms. The second-order valence-electron chi connectivity index (χ2n) is 6.12. The highest BCUT2D eigenvalue weighted by molar-refractivity contribution is 7.91. The van der Waals surface area contributed by atoms with E-state index in [2.05, 4.69) is 5.32 Å². The van der Waals surface area contributed by atoms with Crippen LogP contribution in [0.3, 0.4) is 0 Å². The second kappa shape index (κ2) is 5.85. The molecule has 0 amide bonds. The Kier molecular flexibility index (Phi) is 3.85. The van der Waals surface area contributed by atoms with Gasteiger partial charge in [0.15, 0.2) is 0 Å². The lowest BCUT2D eigenvalue weighted by Crippen LogP contribution is -2.22. The molecule has 1 aliphatic heterocycles. The summed E-state index contributed by atoms with van der Waals surface area (Å²) in [5, 5.41) is 4.01. The van der Waals surface area contributed by atoms with E-state index in [1.165, 1.54) is 12.1 Å². The molecule has 0 radical (unpaired) electrons. The summed E-state index contributed by atoms with van der Waals surface area (Å²) < 4.78 is 69.9. The van der Waals surface area contributed by atoms with E-state index >= 15 is 0 Å². The van der Waals surface area contributed by atoms with Gasteiger partial charge in [-0.3, -0.25) is 0 Å². The Bertz CT molecular complexity index is 1100. The van der Waals surface area contributed by atoms with Crippen molar-refractivity contribution < 1.29 is 26.0 Å². The molecule has 2 aromatic carbocycles. The fraction of sp³-hybridized carbons (Fsp3) is 0.222. The quantitative estimate of drug-likeness (QED) is 0.731. The first-order chi connectivity index (χ1) is 12.3. The summed E-state index contributed by atoms with van der Waals surface area (Å²) >= 11 is 0. The first-order valence-corrected chi connectivity index (χ1v) is 9.42. The van der Waals surface area contributed by atoms with E-state index in [4.69, 9.17) is 4.42 Å². The van der Waals surface area contributed by atoms with Crippen molar-refractivity contribution >= 4 is 20.8 Å². The first-order valence-electron chi connectivity index (χ1n) is 7.94. The van der Waals surface area contributed by atoms with Crippen molar-refractivity contribution in [2.75, 3.05) is 6.54 Å². The fourth-order valence-corrected chi connectivity index (χ4v) is 4.48. The predicted molar refractivity (Wildman–Crippen MR) is 88.5 cm³/mol. The molecule has 0 fully saturated rings. The Hall–Kier alpha value is -2.32. The Morgan fingerprint density at radius 2 is 1.81 bits per heavy atom. The van der Waals surface area contributed by atoms with Gasteiger partial charge in [-0.15, -0.1) is 0 Å².